The number of aliphatic imine (C=N–C) groups is 1. The van der Waals surface area contributed by atoms with E-state index >= 15 is 0 Å². The zero-order valence-corrected chi connectivity index (χ0v) is 21.0. The molecular weight excluding hydrogens is 483 g/mol. The van der Waals surface area contributed by atoms with Crippen molar-refractivity contribution in [2.45, 2.75) is 52.7 Å². The van der Waals surface area contributed by atoms with Crippen molar-refractivity contribution in [1.29, 1.82) is 0 Å². The molecule has 0 saturated carbocycles. The topological polar surface area (TPSA) is 75.0 Å². The molecule has 0 aliphatic carbocycles. The van der Waals surface area contributed by atoms with Crippen molar-refractivity contribution >= 4 is 36.0 Å². The molecule has 0 spiro atoms. The van der Waals surface area contributed by atoms with Crippen molar-refractivity contribution < 1.29 is 9.53 Å². The molecule has 1 N–H and O–H groups in total. The van der Waals surface area contributed by atoms with Crippen LogP contribution in [0.1, 0.15) is 46.2 Å². The number of nitrogens with zero attached hydrogens (tertiary/aromatic N) is 5. The van der Waals surface area contributed by atoms with E-state index < -0.39 is 5.60 Å². The van der Waals surface area contributed by atoms with Crippen molar-refractivity contribution in [1.82, 2.24) is 24.9 Å². The minimum Gasteiger partial charge on any atom is -0.444 e. The first-order chi connectivity index (χ1) is 13.2. The van der Waals surface area contributed by atoms with E-state index in [2.05, 4.69) is 20.3 Å². The second kappa shape index (κ2) is 11.6. The summed E-state index contributed by atoms with van der Waals surface area (Å²) in [6.45, 7) is 11.7. The van der Waals surface area contributed by atoms with Gasteiger partial charge in [-0.15, -0.1) is 24.0 Å². The number of likely N-dealkylation sites (tertiary alicyclic amines) is 1. The number of ether oxygens (including phenoxy) is 1. The Morgan fingerprint density at radius 2 is 2.03 bits per heavy atom. The van der Waals surface area contributed by atoms with Gasteiger partial charge in [-0.05, 0) is 52.5 Å². The van der Waals surface area contributed by atoms with E-state index in [-0.39, 0.29) is 30.1 Å². The first-order valence-corrected chi connectivity index (χ1v) is 10.1. The van der Waals surface area contributed by atoms with Crippen LogP contribution in [0.5, 0.6) is 0 Å². The molecule has 1 aliphatic rings. The van der Waals surface area contributed by atoms with Gasteiger partial charge < -0.3 is 19.9 Å². The van der Waals surface area contributed by atoms with E-state index in [9.17, 15) is 4.79 Å². The number of rotatable bonds is 5. The molecule has 0 unspecified atom stereocenters. The van der Waals surface area contributed by atoms with Crippen LogP contribution in [0.25, 0.3) is 0 Å². The summed E-state index contributed by atoms with van der Waals surface area (Å²) in [5, 5.41) is 7.62. The summed E-state index contributed by atoms with van der Waals surface area (Å²) in [6, 6.07) is 2.00. The van der Waals surface area contributed by atoms with Crippen LogP contribution in [0.3, 0.4) is 0 Å². The minimum atomic E-state index is -0.458. The lowest BCUT2D eigenvalue weighted by Crippen LogP contribution is -2.47. The third-order valence-electron chi connectivity index (χ3n) is 4.99. The Labute approximate surface area is 192 Å². The molecule has 0 bridgehead atoms. The van der Waals surface area contributed by atoms with Crippen molar-refractivity contribution in [2.75, 3.05) is 33.2 Å². The molecule has 0 radical (unpaired) electrons. The fourth-order valence-electron chi connectivity index (χ4n) is 3.37. The highest BCUT2D eigenvalue weighted by Crippen LogP contribution is 2.20. The number of carbonyl (C=O) groups is 1. The number of amides is 1. The Kier molecular flexibility index (Phi) is 10.2. The Hall–Kier alpha value is -1.52. The molecule has 8 nitrogen and oxygen atoms in total. The molecule has 166 valence electrons. The van der Waals surface area contributed by atoms with Crippen LogP contribution < -0.4 is 5.32 Å². The number of aromatic nitrogens is 2. The number of hydrogen-bond acceptors (Lipinski definition) is 4. The highest BCUT2D eigenvalue weighted by molar-refractivity contribution is 14.0. The number of guanidine groups is 1. The molecule has 1 aliphatic heterocycles. The van der Waals surface area contributed by atoms with Gasteiger partial charge in [-0.3, -0.25) is 9.67 Å². The molecule has 29 heavy (non-hydrogen) atoms. The maximum atomic E-state index is 12.4. The molecule has 1 saturated heterocycles. The highest BCUT2D eigenvalue weighted by atomic mass is 127. The third-order valence-corrected chi connectivity index (χ3v) is 4.99. The summed E-state index contributed by atoms with van der Waals surface area (Å²) in [6.07, 6.45) is 3.65. The molecule has 0 atom stereocenters. The number of hydrogen-bond donors (Lipinski definition) is 1. The van der Waals surface area contributed by atoms with Gasteiger partial charge in [0.1, 0.15) is 5.60 Å². The summed E-state index contributed by atoms with van der Waals surface area (Å²) < 4.78 is 7.39. The zero-order valence-electron chi connectivity index (χ0n) is 18.6. The van der Waals surface area contributed by atoms with Gasteiger partial charge >= 0.3 is 6.09 Å². The first kappa shape index (κ1) is 25.5. The van der Waals surface area contributed by atoms with E-state index in [1.807, 2.05) is 57.4 Å². The molecule has 2 heterocycles. The lowest BCUT2D eigenvalue weighted by atomic mass is 9.96. The molecular formula is C20H37IN6O2. The summed E-state index contributed by atoms with van der Waals surface area (Å²) >= 11 is 0. The van der Waals surface area contributed by atoms with Crippen LogP contribution in [0, 0.1) is 5.92 Å². The molecule has 1 amide bonds. The predicted molar refractivity (Wildman–Crippen MR) is 127 cm³/mol. The fourth-order valence-corrected chi connectivity index (χ4v) is 3.37. The van der Waals surface area contributed by atoms with Crippen molar-refractivity contribution in [2.24, 2.45) is 18.0 Å². The predicted octanol–water partition coefficient (Wildman–Crippen LogP) is 3.08. The summed E-state index contributed by atoms with van der Waals surface area (Å²) in [7, 11) is 3.76. The average Bonchev–Trinajstić information content (AvgIpc) is 3.04. The van der Waals surface area contributed by atoms with Gasteiger partial charge in [-0.2, -0.15) is 5.10 Å². The number of piperidine rings is 1. The average molecular weight is 520 g/mol. The van der Waals surface area contributed by atoms with E-state index in [1.165, 1.54) is 0 Å². The maximum Gasteiger partial charge on any atom is 0.410 e. The van der Waals surface area contributed by atoms with Gasteiger partial charge in [0, 0.05) is 46.5 Å². The van der Waals surface area contributed by atoms with Gasteiger partial charge in [0.15, 0.2) is 5.96 Å². The Balaban J connectivity index is 0.00000420. The van der Waals surface area contributed by atoms with E-state index in [0.29, 0.717) is 19.0 Å². The summed E-state index contributed by atoms with van der Waals surface area (Å²) in [5.74, 6) is 1.40. The van der Waals surface area contributed by atoms with Gasteiger partial charge in [0.25, 0.3) is 0 Å². The van der Waals surface area contributed by atoms with Gasteiger partial charge in [0.05, 0.1) is 12.2 Å². The number of halogens is 1. The number of carbonyl (C=O) groups excluding carboxylic acids is 1. The number of nitrogens with one attached hydrogen (secondary N) is 1. The van der Waals surface area contributed by atoms with Crippen molar-refractivity contribution in [3.8, 4) is 0 Å². The molecule has 9 heteroatoms. The minimum absolute atomic E-state index is 0. The Bertz CT molecular complexity index is 662. The van der Waals surface area contributed by atoms with Crippen molar-refractivity contribution in [3.05, 3.63) is 18.0 Å². The van der Waals surface area contributed by atoms with Gasteiger partial charge in [0.2, 0.25) is 0 Å². The lowest BCUT2D eigenvalue weighted by Gasteiger charge is -2.36. The monoisotopic (exact) mass is 520 g/mol. The van der Waals surface area contributed by atoms with E-state index in [0.717, 1.165) is 44.1 Å². The van der Waals surface area contributed by atoms with Crippen LogP contribution in [-0.2, 0) is 18.3 Å². The largest absolute Gasteiger partial charge is 0.444 e. The SMILES string of the molecule is CCN(CC1CCN(C(=NC)NCc2ccnn2C)CC1)C(=O)OC(C)(C)C.I. The Morgan fingerprint density at radius 1 is 1.38 bits per heavy atom. The number of aryl methyl sites for hydroxylation is 1. The van der Waals surface area contributed by atoms with E-state index in [1.54, 1.807) is 6.20 Å². The van der Waals surface area contributed by atoms with Crippen LogP contribution in [0.2, 0.25) is 0 Å². The summed E-state index contributed by atoms with van der Waals surface area (Å²) in [4.78, 5) is 20.9. The van der Waals surface area contributed by atoms with E-state index in [4.69, 9.17) is 4.74 Å². The van der Waals surface area contributed by atoms with Crippen LogP contribution >= 0.6 is 24.0 Å². The zero-order chi connectivity index (χ0) is 20.7. The third kappa shape index (κ3) is 8.02. The first-order valence-electron chi connectivity index (χ1n) is 10.1. The van der Waals surface area contributed by atoms with Crippen LogP contribution in [0.15, 0.2) is 17.3 Å². The molecule has 1 fully saturated rings. The van der Waals surface area contributed by atoms with Crippen LogP contribution in [0.4, 0.5) is 4.79 Å². The molecule has 0 aromatic carbocycles. The summed E-state index contributed by atoms with van der Waals surface area (Å²) in [5.41, 5.74) is 0.659. The van der Waals surface area contributed by atoms with Crippen LogP contribution in [-0.4, -0.2) is 70.5 Å². The quantitative estimate of drug-likeness (QED) is 0.367. The lowest BCUT2D eigenvalue weighted by molar-refractivity contribution is 0.0214. The van der Waals surface area contributed by atoms with Gasteiger partial charge in [-0.25, -0.2) is 4.79 Å². The standard InChI is InChI=1S/C20H36N6O2.HI/c1-7-25(19(27)28-20(2,3)4)15-16-9-12-26(13-10-16)18(21-5)22-14-17-8-11-23-24(17)6;/h8,11,16H,7,9-10,12-15H2,1-6H3,(H,21,22);1H. The second-order valence-electron chi connectivity index (χ2n) is 8.30. The second-order valence-corrected chi connectivity index (χ2v) is 8.30. The fraction of sp³-hybridized carbons (Fsp3) is 0.750. The van der Waals surface area contributed by atoms with Crippen molar-refractivity contribution in [3.63, 3.8) is 0 Å². The highest BCUT2D eigenvalue weighted by Gasteiger charge is 2.27. The van der Waals surface area contributed by atoms with Gasteiger partial charge in [-0.1, -0.05) is 0 Å². The smallest absolute Gasteiger partial charge is 0.410 e. The molecule has 1 aromatic heterocycles. The maximum absolute atomic E-state index is 12.4. The molecule has 2 rings (SSSR count). The normalized spacial score (nSPS) is 15.7. The Morgan fingerprint density at radius 3 is 2.52 bits per heavy atom. The molecule has 1 aromatic rings.